The van der Waals surface area contributed by atoms with Crippen LogP contribution in [0.1, 0.15) is 18.9 Å². The number of ether oxygens (including phenoxy) is 1. The van der Waals surface area contributed by atoms with E-state index < -0.39 is 0 Å². The fraction of sp³-hybridized carbons (Fsp3) is 0.348. The molecule has 1 aliphatic rings. The Morgan fingerprint density at radius 1 is 1.10 bits per heavy atom. The molecule has 0 aliphatic carbocycles. The molecular formula is C23H25N5OS. The van der Waals surface area contributed by atoms with Gasteiger partial charge in [0.25, 0.3) is 0 Å². The van der Waals surface area contributed by atoms with Crippen LogP contribution < -0.4 is 15.0 Å². The number of rotatable bonds is 4. The van der Waals surface area contributed by atoms with Gasteiger partial charge in [-0.05, 0) is 38.4 Å². The zero-order valence-electron chi connectivity index (χ0n) is 17.3. The first-order valence-electron chi connectivity index (χ1n) is 10.5. The second-order valence-corrected chi connectivity index (χ2v) is 8.50. The maximum atomic E-state index is 5.96. The maximum Gasteiger partial charge on any atom is 0.236 e. The molecule has 0 atom stereocenters. The van der Waals surface area contributed by atoms with Crippen LogP contribution in [-0.2, 0) is 0 Å². The minimum atomic E-state index is 0.572. The molecule has 4 aromatic rings. The monoisotopic (exact) mass is 419 g/mol. The van der Waals surface area contributed by atoms with Gasteiger partial charge in [-0.2, -0.15) is 4.98 Å². The smallest absolute Gasteiger partial charge is 0.236 e. The Morgan fingerprint density at radius 3 is 2.80 bits per heavy atom. The van der Waals surface area contributed by atoms with Crippen molar-refractivity contribution in [1.82, 2.24) is 20.3 Å². The lowest BCUT2D eigenvalue weighted by atomic mass is 10.1. The molecule has 0 saturated carbocycles. The Kier molecular flexibility index (Phi) is 5.23. The molecule has 1 aromatic carbocycles. The Labute approximate surface area is 179 Å². The molecule has 7 heteroatoms. The van der Waals surface area contributed by atoms with Crippen molar-refractivity contribution in [3.8, 4) is 17.1 Å². The number of pyridine rings is 1. The Balaban J connectivity index is 1.70. The predicted octanol–water partition coefficient (Wildman–Crippen LogP) is 4.41. The number of nitrogens with one attached hydrogen (secondary N) is 1. The molecule has 3 aromatic heterocycles. The van der Waals surface area contributed by atoms with E-state index in [1.807, 2.05) is 25.1 Å². The summed E-state index contributed by atoms with van der Waals surface area (Å²) >= 11 is 1.62. The summed E-state index contributed by atoms with van der Waals surface area (Å²) in [4.78, 5) is 18.0. The maximum absolute atomic E-state index is 5.96. The molecule has 1 aliphatic heterocycles. The lowest BCUT2D eigenvalue weighted by molar-refractivity contribution is 0.331. The van der Waals surface area contributed by atoms with Crippen LogP contribution in [0.5, 0.6) is 5.88 Å². The lowest BCUT2D eigenvalue weighted by Crippen LogP contribution is -2.29. The molecule has 0 bridgehead atoms. The van der Waals surface area contributed by atoms with Gasteiger partial charge in [0.05, 0.1) is 12.3 Å². The summed E-state index contributed by atoms with van der Waals surface area (Å²) < 4.78 is 6.93. The molecule has 6 nitrogen and oxygen atoms in total. The lowest BCUT2D eigenvalue weighted by Gasteiger charge is -2.20. The van der Waals surface area contributed by atoms with Crippen molar-refractivity contribution in [3.63, 3.8) is 0 Å². The Morgan fingerprint density at radius 2 is 1.97 bits per heavy atom. The average Bonchev–Trinajstić information content (AvgIpc) is 2.94. The van der Waals surface area contributed by atoms with E-state index in [1.165, 1.54) is 5.56 Å². The molecule has 1 saturated heterocycles. The molecule has 0 radical (unpaired) electrons. The number of hydrogen-bond acceptors (Lipinski definition) is 7. The highest BCUT2D eigenvalue weighted by Crippen LogP contribution is 2.40. The van der Waals surface area contributed by atoms with Gasteiger partial charge in [-0.15, -0.1) is 11.3 Å². The molecule has 0 spiro atoms. The van der Waals surface area contributed by atoms with Crippen molar-refractivity contribution in [2.24, 2.45) is 0 Å². The van der Waals surface area contributed by atoms with Gasteiger partial charge in [-0.25, -0.2) is 9.97 Å². The number of fused-ring (bicyclic) bond motifs is 3. The third-order valence-corrected chi connectivity index (χ3v) is 6.48. The summed E-state index contributed by atoms with van der Waals surface area (Å²) in [5.74, 6) is 1.42. The van der Waals surface area contributed by atoms with Crippen LogP contribution >= 0.6 is 11.3 Å². The average molecular weight is 420 g/mol. The van der Waals surface area contributed by atoms with E-state index in [0.717, 1.165) is 70.2 Å². The molecule has 5 rings (SSSR count). The van der Waals surface area contributed by atoms with Crippen LogP contribution in [0.3, 0.4) is 0 Å². The summed E-state index contributed by atoms with van der Waals surface area (Å²) in [5.41, 5.74) is 4.23. The SMILES string of the molecule is CCOc1nc(N2CCCNCC2)nc2c1sc1nc(-c3ccccc3)cc(C)c12. The Bertz CT molecular complexity index is 1180. The van der Waals surface area contributed by atoms with Crippen molar-refractivity contribution in [2.75, 3.05) is 37.7 Å². The third kappa shape index (κ3) is 3.48. The van der Waals surface area contributed by atoms with E-state index >= 15 is 0 Å². The second kappa shape index (κ2) is 8.16. The highest BCUT2D eigenvalue weighted by molar-refractivity contribution is 7.25. The fourth-order valence-electron chi connectivity index (χ4n) is 3.96. The number of thiophene rings is 1. The van der Waals surface area contributed by atoms with E-state index in [0.29, 0.717) is 12.5 Å². The summed E-state index contributed by atoms with van der Waals surface area (Å²) in [6.07, 6.45) is 1.08. The van der Waals surface area contributed by atoms with Crippen LogP contribution in [0.25, 0.3) is 31.7 Å². The molecule has 154 valence electrons. The third-order valence-electron chi connectivity index (χ3n) is 5.42. The number of aryl methyl sites for hydroxylation is 1. The van der Waals surface area contributed by atoms with E-state index in [9.17, 15) is 0 Å². The summed E-state index contributed by atoms with van der Waals surface area (Å²) in [7, 11) is 0. The molecule has 1 fully saturated rings. The van der Waals surface area contributed by atoms with E-state index in [4.69, 9.17) is 19.7 Å². The van der Waals surface area contributed by atoms with Gasteiger partial charge in [-0.3, -0.25) is 0 Å². The van der Waals surface area contributed by atoms with E-state index in [1.54, 1.807) is 11.3 Å². The summed E-state index contributed by atoms with van der Waals surface area (Å²) in [5, 5.41) is 4.55. The number of benzene rings is 1. The van der Waals surface area contributed by atoms with Crippen molar-refractivity contribution < 1.29 is 4.74 Å². The van der Waals surface area contributed by atoms with Crippen molar-refractivity contribution in [2.45, 2.75) is 20.3 Å². The van der Waals surface area contributed by atoms with Crippen molar-refractivity contribution in [1.29, 1.82) is 0 Å². The van der Waals surface area contributed by atoms with Crippen molar-refractivity contribution >= 4 is 37.7 Å². The second-order valence-electron chi connectivity index (χ2n) is 7.50. The molecule has 30 heavy (non-hydrogen) atoms. The van der Waals surface area contributed by atoms with Gasteiger partial charge in [0.1, 0.15) is 15.0 Å². The van der Waals surface area contributed by atoms with Gasteiger partial charge in [0.15, 0.2) is 0 Å². The van der Waals surface area contributed by atoms with Crippen LogP contribution in [0.4, 0.5) is 5.95 Å². The zero-order valence-corrected chi connectivity index (χ0v) is 18.1. The summed E-state index contributed by atoms with van der Waals surface area (Å²) in [6, 6.07) is 12.5. The van der Waals surface area contributed by atoms with Gasteiger partial charge in [-0.1, -0.05) is 30.3 Å². The van der Waals surface area contributed by atoms with Crippen molar-refractivity contribution in [3.05, 3.63) is 42.0 Å². The van der Waals surface area contributed by atoms with Crippen LogP contribution in [0.15, 0.2) is 36.4 Å². The number of hydrogen-bond donors (Lipinski definition) is 1. The van der Waals surface area contributed by atoms with Crippen LogP contribution in [0, 0.1) is 6.92 Å². The number of anilines is 1. The van der Waals surface area contributed by atoms with Gasteiger partial charge in [0, 0.05) is 30.6 Å². The minimum absolute atomic E-state index is 0.572. The largest absolute Gasteiger partial charge is 0.477 e. The zero-order chi connectivity index (χ0) is 20.5. The standard InChI is InChI=1S/C23H25N5OS/c1-3-29-21-20-19(26-23(27-21)28-12-7-10-24-11-13-28)18-15(2)14-17(25-22(18)30-20)16-8-5-4-6-9-16/h4-6,8-9,14,24H,3,7,10-13H2,1-2H3. The normalized spacial score (nSPS) is 14.9. The summed E-state index contributed by atoms with van der Waals surface area (Å²) in [6.45, 7) is 8.52. The van der Waals surface area contributed by atoms with E-state index in [-0.39, 0.29) is 0 Å². The van der Waals surface area contributed by atoms with E-state index in [2.05, 4.69) is 35.3 Å². The molecular weight excluding hydrogens is 394 g/mol. The first kappa shape index (κ1) is 19.2. The van der Waals surface area contributed by atoms with Crippen LogP contribution in [-0.4, -0.2) is 47.7 Å². The number of aromatic nitrogens is 3. The molecule has 4 heterocycles. The first-order valence-corrected chi connectivity index (χ1v) is 11.3. The topological polar surface area (TPSA) is 63.2 Å². The predicted molar refractivity (Wildman–Crippen MR) is 124 cm³/mol. The minimum Gasteiger partial charge on any atom is -0.477 e. The van der Waals surface area contributed by atoms with Gasteiger partial charge >= 0.3 is 0 Å². The first-order chi connectivity index (χ1) is 14.7. The molecule has 0 amide bonds. The van der Waals surface area contributed by atoms with Gasteiger partial charge < -0.3 is 15.0 Å². The Hall–Kier alpha value is -2.77. The molecule has 1 N–H and O–H groups in total. The quantitative estimate of drug-likeness (QED) is 0.529. The number of nitrogens with zero attached hydrogens (tertiary/aromatic N) is 4. The van der Waals surface area contributed by atoms with Gasteiger partial charge in [0.2, 0.25) is 11.8 Å². The highest BCUT2D eigenvalue weighted by Gasteiger charge is 2.21. The molecule has 0 unspecified atom stereocenters. The fourth-order valence-corrected chi connectivity index (χ4v) is 5.09. The highest BCUT2D eigenvalue weighted by atomic mass is 32.1. The van der Waals surface area contributed by atoms with Crippen LogP contribution in [0.2, 0.25) is 0 Å².